The lowest BCUT2D eigenvalue weighted by Gasteiger charge is -2.12. The minimum Gasteiger partial charge on any atom is -0.492 e. The molecule has 1 heterocycles. The fourth-order valence-electron chi connectivity index (χ4n) is 4.15. The average Bonchev–Trinajstić information content (AvgIpc) is 3.28. The Morgan fingerprint density at radius 3 is 2.21 bits per heavy atom. The third-order valence-electron chi connectivity index (χ3n) is 5.88. The topological polar surface area (TPSA) is 75.0 Å². The van der Waals surface area contributed by atoms with Crippen LogP contribution in [0, 0.1) is 0 Å². The molecule has 1 aromatic heterocycles. The molecule has 0 aliphatic heterocycles. The standard InChI is InChI=1S/C29H23F3O6/c1-4-23(33)36-16-6-7-17-8-10-18(11-9-17)19-12-13-21-20-14-15-22(37-24(34)5-2)25(29(30,31)32)26(20)38-28(21)27(19)35-3/h4-5,8-15H,1-2,6-7,16H2,3H3. The van der Waals surface area contributed by atoms with Gasteiger partial charge in [0.05, 0.1) is 13.7 Å². The summed E-state index contributed by atoms with van der Waals surface area (Å²) in [6, 6.07) is 13.5. The fourth-order valence-corrected chi connectivity index (χ4v) is 4.15. The van der Waals surface area contributed by atoms with Crippen LogP contribution < -0.4 is 9.47 Å². The van der Waals surface area contributed by atoms with Gasteiger partial charge < -0.3 is 18.6 Å². The number of carbonyl (C=O) groups excluding carboxylic acids is 2. The van der Waals surface area contributed by atoms with Gasteiger partial charge in [-0.15, -0.1) is 0 Å². The molecule has 6 nitrogen and oxygen atoms in total. The van der Waals surface area contributed by atoms with Crippen LogP contribution in [0.5, 0.6) is 11.5 Å². The Balaban J connectivity index is 1.73. The van der Waals surface area contributed by atoms with E-state index in [4.69, 9.17) is 18.6 Å². The number of hydrogen-bond donors (Lipinski definition) is 0. The Hall–Kier alpha value is -4.53. The lowest BCUT2D eigenvalue weighted by atomic mass is 9.99. The minimum absolute atomic E-state index is 0.130. The van der Waals surface area contributed by atoms with Crippen LogP contribution in [0.4, 0.5) is 13.2 Å². The first-order chi connectivity index (χ1) is 18.2. The van der Waals surface area contributed by atoms with Gasteiger partial charge in [0.2, 0.25) is 0 Å². The van der Waals surface area contributed by atoms with E-state index in [9.17, 15) is 22.8 Å². The van der Waals surface area contributed by atoms with Crippen molar-refractivity contribution in [3.63, 3.8) is 0 Å². The largest absolute Gasteiger partial charge is 0.492 e. The number of fused-ring (bicyclic) bond motifs is 3. The highest BCUT2D eigenvalue weighted by Crippen LogP contribution is 2.47. The maximum Gasteiger partial charge on any atom is 0.423 e. The van der Waals surface area contributed by atoms with E-state index in [1.54, 1.807) is 12.1 Å². The van der Waals surface area contributed by atoms with Crippen LogP contribution in [0.3, 0.4) is 0 Å². The predicted octanol–water partition coefficient (Wildman–Crippen LogP) is 7.03. The van der Waals surface area contributed by atoms with Gasteiger partial charge in [-0.05, 0) is 48.2 Å². The van der Waals surface area contributed by atoms with Crippen molar-refractivity contribution >= 4 is 33.9 Å². The molecule has 38 heavy (non-hydrogen) atoms. The normalized spacial score (nSPS) is 11.4. The number of aryl methyl sites for hydroxylation is 1. The van der Waals surface area contributed by atoms with E-state index in [1.807, 2.05) is 24.3 Å². The summed E-state index contributed by atoms with van der Waals surface area (Å²) in [7, 11) is 1.41. The molecule has 0 unspecified atom stereocenters. The van der Waals surface area contributed by atoms with Gasteiger partial charge in [-0.3, -0.25) is 0 Å². The second-order valence-electron chi connectivity index (χ2n) is 8.24. The first-order valence-corrected chi connectivity index (χ1v) is 11.5. The van der Waals surface area contributed by atoms with Crippen LogP contribution in [-0.2, 0) is 26.9 Å². The second kappa shape index (κ2) is 10.8. The number of furan rings is 1. The molecule has 0 aliphatic rings. The van der Waals surface area contributed by atoms with Gasteiger partial charge in [0, 0.05) is 28.5 Å². The number of methoxy groups -OCH3 is 1. The van der Waals surface area contributed by atoms with Gasteiger partial charge in [-0.25, -0.2) is 9.59 Å². The molecule has 0 N–H and O–H groups in total. The molecule has 0 bridgehead atoms. The van der Waals surface area contributed by atoms with E-state index >= 15 is 0 Å². The zero-order chi connectivity index (χ0) is 27.4. The maximum atomic E-state index is 14.1. The molecule has 0 saturated heterocycles. The van der Waals surface area contributed by atoms with E-state index in [-0.39, 0.29) is 23.3 Å². The van der Waals surface area contributed by atoms with E-state index in [1.165, 1.54) is 13.2 Å². The summed E-state index contributed by atoms with van der Waals surface area (Å²) >= 11 is 0. The van der Waals surface area contributed by atoms with Crippen molar-refractivity contribution in [2.45, 2.75) is 19.0 Å². The van der Waals surface area contributed by atoms with Crippen LogP contribution in [-0.4, -0.2) is 25.7 Å². The summed E-state index contributed by atoms with van der Waals surface area (Å²) in [6.45, 7) is 6.85. The van der Waals surface area contributed by atoms with Crippen LogP contribution in [0.2, 0.25) is 0 Å². The van der Waals surface area contributed by atoms with Gasteiger partial charge in [-0.2, -0.15) is 13.2 Å². The molecule has 0 amide bonds. The third kappa shape index (κ3) is 5.27. The minimum atomic E-state index is -4.86. The molecule has 0 spiro atoms. The Morgan fingerprint density at radius 2 is 1.58 bits per heavy atom. The van der Waals surface area contributed by atoms with Crippen molar-refractivity contribution in [1.82, 2.24) is 0 Å². The van der Waals surface area contributed by atoms with E-state index in [0.29, 0.717) is 23.8 Å². The molecule has 9 heteroatoms. The van der Waals surface area contributed by atoms with Crippen molar-refractivity contribution in [3.8, 4) is 22.6 Å². The molecule has 0 atom stereocenters. The molecule has 3 aromatic carbocycles. The van der Waals surface area contributed by atoms with Crippen LogP contribution >= 0.6 is 0 Å². The maximum absolute atomic E-state index is 14.1. The highest BCUT2D eigenvalue weighted by atomic mass is 19.4. The molecular formula is C29H23F3O6. The Morgan fingerprint density at radius 1 is 0.921 bits per heavy atom. The Labute approximate surface area is 215 Å². The third-order valence-corrected chi connectivity index (χ3v) is 5.88. The van der Waals surface area contributed by atoms with E-state index in [2.05, 4.69) is 13.2 Å². The summed E-state index contributed by atoms with van der Waals surface area (Å²) in [5.41, 5.74) is 0.868. The van der Waals surface area contributed by atoms with E-state index in [0.717, 1.165) is 29.3 Å². The quantitative estimate of drug-likeness (QED) is 0.101. The van der Waals surface area contributed by atoms with Crippen molar-refractivity contribution in [2.75, 3.05) is 13.7 Å². The highest BCUT2D eigenvalue weighted by Gasteiger charge is 2.39. The molecule has 0 saturated carbocycles. The van der Waals surface area contributed by atoms with Crippen molar-refractivity contribution in [1.29, 1.82) is 0 Å². The summed E-state index contributed by atoms with van der Waals surface area (Å²) in [6.07, 6.45) is -1.65. The molecule has 4 rings (SSSR count). The van der Waals surface area contributed by atoms with Crippen molar-refractivity contribution in [2.24, 2.45) is 0 Å². The Kier molecular flexibility index (Phi) is 7.57. The smallest absolute Gasteiger partial charge is 0.423 e. The molecule has 0 radical (unpaired) electrons. The average molecular weight is 524 g/mol. The predicted molar refractivity (Wildman–Crippen MR) is 136 cm³/mol. The first-order valence-electron chi connectivity index (χ1n) is 11.5. The van der Waals surface area contributed by atoms with Gasteiger partial charge in [0.25, 0.3) is 0 Å². The number of alkyl halides is 3. The number of benzene rings is 3. The summed E-state index contributed by atoms with van der Waals surface area (Å²) in [5.74, 6) is -1.90. The second-order valence-corrected chi connectivity index (χ2v) is 8.24. The van der Waals surface area contributed by atoms with Gasteiger partial charge in [0.1, 0.15) is 11.3 Å². The molecule has 0 fully saturated rings. The number of hydrogen-bond acceptors (Lipinski definition) is 6. The zero-order valence-electron chi connectivity index (χ0n) is 20.4. The SMILES string of the molecule is C=CC(=O)OCCCc1ccc(-c2ccc3c(oc4c(C(F)(F)F)c(OC(=O)C=C)ccc43)c2OC)cc1. The summed E-state index contributed by atoms with van der Waals surface area (Å²) in [5, 5.41) is 0.612. The van der Waals surface area contributed by atoms with Crippen molar-refractivity contribution < 1.29 is 41.4 Å². The highest BCUT2D eigenvalue weighted by molar-refractivity contribution is 6.10. The number of ether oxygens (including phenoxy) is 3. The van der Waals surface area contributed by atoms with Crippen LogP contribution in [0.25, 0.3) is 33.1 Å². The summed E-state index contributed by atoms with van der Waals surface area (Å²) < 4.78 is 63.3. The van der Waals surface area contributed by atoms with E-state index < -0.39 is 35.0 Å². The summed E-state index contributed by atoms with van der Waals surface area (Å²) in [4.78, 5) is 22.8. The first kappa shape index (κ1) is 26.5. The number of esters is 2. The Bertz CT molecular complexity index is 1530. The zero-order valence-corrected chi connectivity index (χ0v) is 20.4. The van der Waals surface area contributed by atoms with Gasteiger partial charge >= 0.3 is 18.1 Å². The molecule has 4 aromatic rings. The number of rotatable bonds is 9. The number of carbonyl (C=O) groups is 2. The molecular weight excluding hydrogens is 501 g/mol. The molecule has 0 aliphatic carbocycles. The monoisotopic (exact) mass is 524 g/mol. The van der Waals surface area contributed by atoms with Crippen molar-refractivity contribution in [3.05, 3.63) is 85.0 Å². The van der Waals surface area contributed by atoms with Gasteiger partial charge in [0.15, 0.2) is 16.9 Å². The van der Waals surface area contributed by atoms with Gasteiger partial charge in [-0.1, -0.05) is 37.4 Å². The fraction of sp³-hybridized carbons (Fsp3) is 0.172. The lowest BCUT2D eigenvalue weighted by molar-refractivity contribution is -0.140. The van der Waals surface area contributed by atoms with Crippen LogP contribution in [0.15, 0.2) is 78.3 Å². The lowest BCUT2D eigenvalue weighted by Crippen LogP contribution is -2.12. The van der Waals surface area contributed by atoms with Crippen LogP contribution in [0.1, 0.15) is 17.5 Å². The number of halogens is 3. The molecule has 196 valence electrons.